The van der Waals surface area contributed by atoms with Gasteiger partial charge < -0.3 is 14.6 Å². The van der Waals surface area contributed by atoms with Gasteiger partial charge >= 0.3 is 0 Å². The number of anilines is 1. The molecule has 2 aromatic rings. The molecule has 27 heavy (non-hydrogen) atoms. The van der Waals surface area contributed by atoms with E-state index in [4.69, 9.17) is 4.74 Å². The summed E-state index contributed by atoms with van der Waals surface area (Å²) in [6.45, 7) is 11.0. The molecule has 1 aliphatic heterocycles. The fourth-order valence-corrected chi connectivity index (χ4v) is 4.40. The van der Waals surface area contributed by atoms with Gasteiger partial charge in [-0.15, -0.1) is 11.3 Å². The Labute approximate surface area is 165 Å². The van der Waals surface area contributed by atoms with Crippen molar-refractivity contribution in [3.8, 4) is 0 Å². The van der Waals surface area contributed by atoms with Crippen LogP contribution in [0, 0.1) is 5.92 Å². The van der Waals surface area contributed by atoms with Crippen molar-refractivity contribution < 1.29 is 9.53 Å². The zero-order valence-electron chi connectivity index (χ0n) is 16.6. The van der Waals surface area contributed by atoms with Gasteiger partial charge in [-0.05, 0) is 71.7 Å². The van der Waals surface area contributed by atoms with E-state index in [-0.39, 0.29) is 12.0 Å². The van der Waals surface area contributed by atoms with Gasteiger partial charge in [0, 0.05) is 18.1 Å². The summed E-state index contributed by atoms with van der Waals surface area (Å²) in [5.74, 6) is 0.503. The maximum Gasteiger partial charge on any atom is 0.274 e. The number of hydrogen-bond acceptors (Lipinski definition) is 5. The van der Waals surface area contributed by atoms with Crippen LogP contribution in [0.4, 0.5) is 5.13 Å². The first-order valence-electron chi connectivity index (χ1n) is 9.66. The van der Waals surface area contributed by atoms with Gasteiger partial charge in [-0.1, -0.05) is 0 Å². The van der Waals surface area contributed by atoms with Crippen molar-refractivity contribution in [3.05, 3.63) is 35.1 Å². The molecule has 1 amide bonds. The van der Waals surface area contributed by atoms with Crippen LogP contribution in [0.15, 0.2) is 23.7 Å². The number of nitrogens with zero attached hydrogens (tertiary/aromatic N) is 2. The van der Waals surface area contributed by atoms with Crippen molar-refractivity contribution in [2.75, 3.05) is 18.4 Å². The van der Waals surface area contributed by atoms with E-state index in [9.17, 15) is 4.79 Å². The number of rotatable bonds is 7. The average Bonchev–Trinajstić information content (AvgIpc) is 3.24. The maximum atomic E-state index is 12.8. The van der Waals surface area contributed by atoms with Gasteiger partial charge in [0.15, 0.2) is 5.13 Å². The second-order valence-corrected chi connectivity index (χ2v) is 8.77. The highest BCUT2D eigenvalue weighted by Gasteiger charge is 2.26. The van der Waals surface area contributed by atoms with Crippen LogP contribution in [0.3, 0.4) is 0 Å². The third-order valence-corrected chi connectivity index (χ3v) is 5.61. The van der Waals surface area contributed by atoms with E-state index in [1.807, 2.05) is 51.4 Å². The van der Waals surface area contributed by atoms with Gasteiger partial charge in [-0.2, -0.15) is 0 Å². The van der Waals surface area contributed by atoms with Crippen LogP contribution >= 0.6 is 11.3 Å². The van der Waals surface area contributed by atoms with Crippen LogP contribution in [-0.4, -0.2) is 34.7 Å². The lowest BCUT2D eigenvalue weighted by Crippen LogP contribution is -2.30. The number of aromatic nitrogens is 2. The summed E-state index contributed by atoms with van der Waals surface area (Å²) in [6, 6.07) is 3.81. The Balaban J connectivity index is 1.65. The summed E-state index contributed by atoms with van der Waals surface area (Å²) in [4.78, 5) is 17.3. The van der Waals surface area contributed by atoms with Crippen molar-refractivity contribution in [3.63, 3.8) is 0 Å². The fraction of sp³-hybridized carbons (Fsp3) is 0.600. The van der Waals surface area contributed by atoms with E-state index in [0.717, 1.165) is 38.2 Å². The Kier molecular flexibility index (Phi) is 6.34. The first-order chi connectivity index (χ1) is 12.8. The SMILES string of the molecule is CC(C)OC(C)(C)c1csc(NC(=O)c2cccn2CC2CCNCC2)n1. The molecule has 0 atom stereocenters. The molecule has 0 aliphatic carbocycles. The van der Waals surface area contributed by atoms with Crippen LogP contribution in [-0.2, 0) is 16.9 Å². The molecule has 2 aromatic heterocycles. The molecule has 1 aliphatic rings. The van der Waals surface area contributed by atoms with Crippen LogP contribution in [0.2, 0.25) is 0 Å². The summed E-state index contributed by atoms with van der Waals surface area (Å²) in [5.41, 5.74) is 1.03. The van der Waals surface area contributed by atoms with E-state index in [1.165, 1.54) is 11.3 Å². The number of hydrogen-bond donors (Lipinski definition) is 2. The molecule has 0 spiro atoms. The summed E-state index contributed by atoms with van der Waals surface area (Å²) in [6.07, 6.45) is 4.40. The molecular formula is C20H30N4O2S. The molecule has 6 nitrogen and oxygen atoms in total. The van der Waals surface area contributed by atoms with Gasteiger partial charge in [0.05, 0.1) is 11.8 Å². The Bertz CT molecular complexity index is 760. The standard InChI is InChI=1S/C20H30N4O2S/c1-14(2)26-20(3,4)17-13-27-19(22-17)23-18(25)16-6-5-11-24(16)12-15-7-9-21-10-8-15/h5-6,11,13-15,21H,7-10,12H2,1-4H3,(H,22,23,25). The van der Waals surface area contributed by atoms with E-state index in [1.54, 1.807) is 0 Å². The maximum absolute atomic E-state index is 12.8. The lowest BCUT2D eigenvalue weighted by molar-refractivity contribution is -0.0623. The number of thiazole rings is 1. The molecular weight excluding hydrogens is 360 g/mol. The minimum Gasteiger partial charge on any atom is -0.367 e. The number of nitrogens with one attached hydrogen (secondary N) is 2. The zero-order valence-corrected chi connectivity index (χ0v) is 17.4. The van der Waals surface area contributed by atoms with Crippen molar-refractivity contribution in [2.24, 2.45) is 5.92 Å². The number of carbonyl (C=O) groups excluding carboxylic acids is 1. The quantitative estimate of drug-likeness (QED) is 0.753. The van der Waals surface area contributed by atoms with Crippen LogP contribution in [0.25, 0.3) is 0 Å². The Hall–Kier alpha value is -1.70. The molecule has 0 unspecified atom stereocenters. The molecule has 2 N–H and O–H groups in total. The summed E-state index contributed by atoms with van der Waals surface area (Å²) < 4.78 is 8.00. The highest BCUT2D eigenvalue weighted by Crippen LogP contribution is 2.29. The molecule has 0 bridgehead atoms. The van der Waals surface area contributed by atoms with Gasteiger partial charge in [0.25, 0.3) is 5.91 Å². The second-order valence-electron chi connectivity index (χ2n) is 7.91. The Morgan fingerprint density at radius 3 is 2.89 bits per heavy atom. The minimum absolute atomic E-state index is 0.109. The van der Waals surface area contributed by atoms with Gasteiger partial charge in [0.1, 0.15) is 11.3 Å². The summed E-state index contributed by atoms with van der Waals surface area (Å²) in [5, 5.41) is 8.88. The Morgan fingerprint density at radius 1 is 1.44 bits per heavy atom. The third-order valence-electron chi connectivity index (χ3n) is 4.85. The highest BCUT2D eigenvalue weighted by atomic mass is 32.1. The molecule has 0 aromatic carbocycles. The van der Waals surface area contributed by atoms with Crippen LogP contribution in [0.1, 0.15) is 56.7 Å². The number of ether oxygens (including phenoxy) is 1. The fourth-order valence-electron chi connectivity index (χ4n) is 3.54. The minimum atomic E-state index is -0.483. The van der Waals surface area contributed by atoms with Crippen LogP contribution in [0.5, 0.6) is 0 Å². The molecule has 1 fully saturated rings. The highest BCUT2D eigenvalue weighted by molar-refractivity contribution is 7.14. The molecule has 0 saturated carbocycles. The molecule has 3 heterocycles. The van der Waals surface area contributed by atoms with Crippen molar-refractivity contribution >= 4 is 22.4 Å². The Morgan fingerprint density at radius 2 is 2.19 bits per heavy atom. The predicted molar refractivity (Wildman–Crippen MR) is 109 cm³/mol. The van der Waals surface area contributed by atoms with E-state index in [0.29, 0.717) is 16.7 Å². The first kappa shape index (κ1) is 20.0. The lowest BCUT2D eigenvalue weighted by Gasteiger charge is -2.25. The molecule has 7 heteroatoms. The summed E-state index contributed by atoms with van der Waals surface area (Å²) in [7, 11) is 0. The molecule has 3 rings (SSSR count). The van der Waals surface area contributed by atoms with E-state index in [2.05, 4.69) is 20.2 Å². The second kappa shape index (κ2) is 8.54. The molecule has 1 saturated heterocycles. The van der Waals surface area contributed by atoms with Gasteiger partial charge in [-0.25, -0.2) is 4.98 Å². The van der Waals surface area contributed by atoms with E-state index >= 15 is 0 Å². The van der Waals surface area contributed by atoms with Gasteiger partial charge in [0.2, 0.25) is 0 Å². The van der Waals surface area contributed by atoms with Crippen molar-refractivity contribution in [1.29, 1.82) is 0 Å². The third kappa shape index (κ3) is 5.18. The topological polar surface area (TPSA) is 68.2 Å². The first-order valence-corrected chi connectivity index (χ1v) is 10.5. The van der Waals surface area contributed by atoms with Crippen molar-refractivity contribution in [2.45, 2.75) is 58.8 Å². The largest absolute Gasteiger partial charge is 0.367 e. The normalized spacial score (nSPS) is 16.0. The number of carbonyl (C=O) groups is 1. The average molecular weight is 391 g/mol. The van der Waals surface area contributed by atoms with E-state index < -0.39 is 5.60 Å². The monoisotopic (exact) mass is 390 g/mol. The van der Waals surface area contributed by atoms with Crippen LogP contribution < -0.4 is 10.6 Å². The number of amides is 1. The molecule has 0 radical (unpaired) electrons. The summed E-state index contributed by atoms with van der Waals surface area (Å²) >= 11 is 1.43. The number of piperidine rings is 1. The predicted octanol–water partition coefficient (Wildman–Crippen LogP) is 3.86. The lowest BCUT2D eigenvalue weighted by atomic mass is 9.98. The molecule has 148 valence electrons. The van der Waals surface area contributed by atoms with Crippen molar-refractivity contribution in [1.82, 2.24) is 14.9 Å². The van der Waals surface area contributed by atoms with Gasteiger partial charge in [-0.3, -0.25) is 10.1 Å². The zero-order chi connectivity index (χ0) is 19.4. The smallest absolute Gasteiger partial charge is 0.274 e.